The van der Waals surface area contributed by atoms with Crippen molar-refractivity contribution in [1.82, 2.24) is 4.98 Å². The first kappa shape index (κ1) is 20.5. The van der Waals surface area contributed by atoms with Crippen LogP contribution in [-0.2, 0) is 11.2 Å². The van der Waals surface area contributed by atoms with Crippen molar-refractivity contribution in [3.8, 4) is 11.5 Å². The Morgan fingerprint density at radius 2 is 1.96 bits per heavy atom. The minimum atomic E-state index is -0.853. The van der Waals surface area contributed by atoms with Gasteiger partial charge in [0.2, 0.25) is 0 Å². The highest BCUT2D eigenvalue weighted by Gasteiger charge is 2.20. The van der Waals surface area contributed by atoms with Gasteiger partial charge in [0.05, 0.1) is 20.3 Å². The van der Waals surface area contributed by atoms with Crippen LogP contribution in [0, 0.1) is 0 Å². The van der Waals surface area contributed by atoms with Crippen LogP contribution in [0.3, 0.4) is 0 Å². The van der Waals surface area contributed by atoms with E-state index < -0.39 is 17.8 Å². The van der Waals surface area contributed by atoms with Gasteiger partial charge in [0.25, 0.3) is 0 Å². The second-order valence-electron chi connectivity index (χ2n) is 6.97. The Morgan fingerprint density at radius 3 is 2.59 bits per heavy atom. The van der Waals surface area contributed by atoms with E-state index >= 15 is 0 Å². The molecule has 1 aromatic carbocycles. The summed E-state index contributed by atoms with van der Waals surface area (Å²) in [7, 11) is 3.10. The number of benzene rings is 1. The van der Waals surface area contributed by atoms with Gasteiger partial charge in [-0.05, 0) is 44.5 Å². The molecule has 0 saturated heterocycles. The summed E-state index contributed by atoms with van der Waals surface area (Å²) in [5.74, 6) is 1.50. The van der Waals surface area contributed by atoms with Crippen LogP contribution in [0.15, 0.2) is 36.5 Å². The fraction of sp³-hybridized carbons (Fsp3) is 0.400. The van der Waals surface area contributed by atoms with Crippen LogP contribution in [0.1, 0.15) is 38.0 Å². The summed E-state index contributed by atoms with van der Waals surface area (Å²) in [5, 5.41) is 13.3. The fourth-order valence-electron chi connectivity index (χ4n) is 2.53. The van der Waals surface area contributed by atoms with Gasteiger partial charge in [0, 0.05) is 24.2 Å². The van der Waals surface area contributed by atoms with Gasteiger partial charge in [0.1, 0.15) is 22.9 Å². The van der Waals surface area contributed by atoms with E-state index in [1.807, 2.05) is 0 Å². The van der Waals surface area contributed by atoms with Crippen molar-refractivity contribution < 1.29 is 24.1 Å². The molecular weight excluding hydrogens is 348 g/mol. The summed E-state index contributed by atoms with van der Waals surface area (Å²) in [6.45, 7) is 5.35. The van der Waals surface area contributed by atoms with Crippen molar-refractivity contribution in [2.24, 2.45) is 0 Å². The van der Waals surface area contributed by atoms with Gasteiger partial charge in [0.15, 0.2) is 0 Å². The highest BCUT2D eigenvalue weighted by Crippen LogP contribution is 2.32. The molecule has 2 aromatic rings. The molecule has 1 heterocycles. The number of carbonyl (C=O) groups excluding carboxylic acids is 1. The molecule has 27 heavy (non-hydrogen) atoms. The van der Waals surface area contributed by atoms with E-state index in [0.717, 1.165) is 0 Å². The van der Waals surface area contributed by atoms with Gasteiger partial charge in [-0.3, -0.25) is 5.32 Å². The lowest BCUT2D eigenvalue weighted by atomic mass is 10.0. The number of rotatable bonds is 6. The van der Waals surface area contributed by atoms with Crippen molar-refractivity contribution in [3.63, 3.8) is 0 Å². The number of nitrogens with zero attached hydrogens (tertiary/aromatic N) is 1. The molecule has 0 fully saturated rings. The summed E-state index contributed by atoms with van der Waals surface area (Å²) in [4.78, 5) is 16.2. The lowest BCUT2D eigenvalue weighted by molar-refractivity contribution is 0.0634. The summed E-state index contributed by atoms with van der Waals surface area (Å²) >= 11 is 0. The molecule has 7 heteroatoms. The maximum Gasteiger partial charge on any atom is 0.413 e. The Morgan fingerprint density at radius 1 is 1.22 bits per heavy atom. The average molecular weight is 374 g/mol. The van der Waals surface area contributed by atoms with E-state index in [1.54, 1.807) is 64.4 Å². The third kappa shape index (κ3) is 5.86. The number of ether oxygens (including phenoxy) is 3. The lowest BCUT2D eigenvalue weighted by Crippen LogP contribution is -2.28. The molecule has 0 aliphatic rings. The maximum absolute atomic E-state index is 12.0. The zero-order chi connectivity index (χ0) is 20.0. The molecule has 1 amide bonds. The Bertz CT molecular complexity index is 786. The molecule has 2 N–H and O–H groups in total. The topological polar surface area (TPSA) is 89.9 Å². The summed E-state index contributed by atoms with van der Waals surface area (Å²) < 4.78 is 15.8. The van der Waals surface area contributed by atoms with Crippen LogP contribution < -0.4 is 14.8 Å². The van der Waals surface area contributed by atoms with Crippen LogP contribution in [0.25, 0.3) is 0 Å². The fourth-order valence-corrected chi connectivity index (χ4v) is 2.53. The molecule has 0 bridgehead atoms. The normalized spacial score (nSPS) is 12.2. The predicted molar refractivity (Wildman–Crippen MR) is 102 cm³/mol. The molecule has 0 aliphatic carbocycles. The monoisotopic (exact) mass is 374 g/mol. The van der Waals surface area contributed by atoms with Crippen molar-refractivity contribution in [3.05, 3.63) is 47.7 Å². The number of anilines is 1. The van der Waals surface area contributed by atoms with Crippen molar-refractivity contribution in [1.29, 1.82) is 0 Å². The zero-order valence-corrected chi connectivity index (χ0v) is 16.3. The highest BCUT2D eigenvalue weighted by molar-refractivity contribution is 5.84. The van der Waals surface area contributed by atoms with Crippen molar-refractivity contribution in [2.75, 3.05) is 19.5 Å². The molecule has 2 rings (SSSR count). The third-order valence-corrected chi connectivity index (χ3v) is 3.72. The van der Waals surface area contributed by atoms with Crippen LogP contribution in [0.5, 0.6) is 11.5 Å². The molecule has 1 unspecified atom stereocenters. The third-order valence-electron chi connectivity index (χ3n) is 3.72. The van der Waals surface area contributed by atoms with Crippen LogP contribution in [0.2, 0.25) is 0 Å². The van der Waals surface area contributed by atoms with Crippen molar-refractivity contribution in [2.45, 2.75) is 38.9 Å². The molecule has 0 aliphatic heterocycles. The number of hydrogen-bond donors (Lipinski definition) is 2. The Balaban J connectivity index is 2.19. The van der Waals surface area contributed by atoms with E-state index in [9.17, 15) is 9.90 Å². The lowest BCUT2D eigenvalue weighted by Gasteiger charge is -2.21. The van der Waals surface area contributed by atoms with Gasteiger partial charge < -0.3 is 19.3 Å². The van der Waals surface area contributed by atoms with Gasteiger partial charge >= 0.3 is 6.09 Å². The minimum absolute atomic E-state index is 0.238. The second kappa shape index (κ2) is 8.73. The Hall–Kier alpha value is -2.80. The zero-order valence-electron chi connectivity index (χ0n) is 16.3. The van der Waals surface area contributed by atoms with Crippen LogP contribution in [0.4, 0.5) is 10.6 Å². The SMILES string of the molecule is COc1ccc(C(O)Cc2cccnc2NC(=O)OC(C)(C)C)c(OC)c1. The predicted octanol–water partition coefficient (Wildman–Crippen LogP) is 3.72. The van der Waals surface area contributed by atoms with E-state index in [0.29, 0.717) is 28.4 Å². The number of aromatic nitrogens is 1. The van der Waals surface area contributed by atoms with Gasteiger partial charge in [-0.2, -0.15) is 0 Å². The molecule has 1 atom stereocenters. The van der Waals surface area contributed by atoms with E-state index in [-0.39, 0.29) is 6.42 Å². The first-order chi connectivity index (χ1) is 12.7. The van der Waals surface area contributed by atoms with Crippen molar-refractivity contribution >= 4 is 11.9 Å². The number of hydrogen-bond acceptors (Lipinski definition) is 6. The van der Waals surface area contributed by atoms with Crippen LogP contribution >= 0.6 is 0 Å². The molecule has 146 valence electrons. The first-order valence-corrected chi connectivity index (χ1v) is 8.57. The molecule has 7 nitrogen and oxygen atoms in total. The number of aliphatic hydroxyl groups excluding tert-OH is 1. The standard InChI is InChI=1S/C20H26N2O5/c1-20(2,3)27-19(24)22-18-13(7-6-10-21-18)11-16(23)15-9-8-14(25-4)12-17(15)26-5/h6-10,12,16,23H,11H2,1-5H3,(H,21,22,24). The summed E-state index contributed by atoms with van der Waals surface area (Å²) in [5.41, 5.74) is 0.675. The first-order valence-electron chi connectivity index (χ1n) is 8.57. The number of amides is 1. The Labute approximate surface area is 159 Å². The molecular formula is C20H26N2O5. The number of carbonyl (C=O) groups is 1. The maximum atomic E-state index is 12.0. The largest absolute Gasteiger partial charge is 0.497 e. The molecule has 0 saturated carbocycles. The molecule has 0 spiro atoms. The average Bonchev–Trinajstić information content (AvgIpc) is 2.61. The van der Waals surface area contributed by atoms with Crippen LogP contribution in [-0.4, -0.2) is 36.0 Å². The highest BCUT2D eigenvalue weighted by atomic mass is 16.6. The van der Waals surface area contributed by atoms with Gasteiger partial charge in [-0.15, -0.1) is 0 Å². The van der Waals surface area contributed by atoms with E-state index in [4.69, 9.17) is 14.2 Å². The Kier molecular flexibility index (Phi) is 6.63. The quantitative estimate of drug-likeness (QED) is 0.801. The van der Waals surface area contributed by atoms with Gasteiger partial charge in [-0.25, -0.2) is 9.78 Å². The number of aliphatic hydroxyl groups is 1. The molecule has 1 aromatic heterocycles. The number of nitrogens with one attached hydrogen (secondary N) is 1. The summed E-state index contributed by atoms with van der Waals surface area (Å²) in [6.07, 6.45) is 0.353. The minimum Gasteiger partial charge on any atom is -0.497 e. The molecule has 0 radical (unpaired) electrons. The van der Waals surface area contributed by atoms with E-state index in [2.05, 4.69) is 10.3 Å². The number of pyridine rings is 1. The van der Waals surface area contributed by atoms with E-state index in [1.165, 1.54) is 7.11 Å². The van der Waals surface area contributed by atoms with Gasteiger partial charge in [-0.1, -0.05) is 6.07 Å². The summed E-state index contributed by atoms with van der Waals surface area (Å²) in [6, 6.07) is 8.75. The second-order valence-corrected chi connectivity index (χ2v) is 6.97. The smallest absolute Gasteiger partial charge is 0.413 e. The number of methoxy groups -OCH3 is 2.